The van der Waals surface area contributed by atoms with Crippen LogP contribution in [-0.2, 0) is 7.05 Å². The molecule has 2 atom stereocenters. The molecule has 134 valence electrons. The summed E-state index contributed by atoms with van der Waals surface area (Å²) in [6.45, 7) is 6.15. The van der Waals surface area contributed by atoms with E-state index in [9.17, 15) is 0 Å². The van der Waals surface area contributed by atoms with Gasteiger partial charge in [-0.3, -0.25) is 9.58 Å². The number of hydrogen-bond acceptors (Lipinski definition) is 5. The van der Waals surface area contributed by atoms with Crippen LogP contribution in [0.5, 0.6) is 0 Å². The van der Waals surface area contributed by atoms with Crippen molar-refractivity contribution in [3.05, 3.63) is 35.4 Å². The molecule has 2 aromatic heterocycles. The molecule has 6 heteroatoms. The van der Waals surface area contributed by atoms with Crippen LogP contribution in [0.3, 0.4) is 0 Å². The Morgan fingerprint density at radius 1 is 1.16 bits per heavy atom. The fourth-order valence-corrected chi connectivity index (χ4v) is 4.25. The van der Waals surface area contributed by atoms with Crippen molar-refractivity contribution >= 4 is 5.95 Å². The minimum Gasteiger partial charge on any atom is -0.354 e. The smallest absolute Gasteiger partial charge is 0.223 e. The van der Waals surface area contributed by atoms with Crippen LogP contribution in [0.2, 0.25) is 0 Å². The fraction of sp³-hybridized carbons (Fsp3) is 0.632. The Balaban J connectivity index is 1.54. The number of rotatable bonds is 5. The number of aryl methyl sites for hydroxylation is 3. The van der Waals surface area contributed by atoms with Crippen LogP contribution < -0.4 is 5.32 Å². The van der Waals surface area contributed by atoms with Crippen LogP contribution >= 0.6 is 0 Å². The van der Waals surface area contributed by atoms with E-state index in [4.69, 9.17) is 0 Å². The lowest BCUT2D eigenvalue weighted by Gasteiger charge is -2.41. The molecule has 0 spiro atoms. The summed E-state index contributed by atoms with van der Waals surface area (Å²) in [5.74, 6) is 1.30. The van der Waals surface area contributed by atoms with Crippen LogP contribution in [0, 0.1) is 19.8 Å². The van der Waals surface area contributed by atoms with E-state index in [2.05, 4.69) is 38.4 Å². The topological polar surface area (TPSA) is 58.9 Å². The third-order valence-corrected chi connectivity index (χ3v) is 5.48. The van der Waals surface area contributed by atoms with Crippen molar-refractivity contribution < 1.29 is 0 Å². The van der Waals surface area contributed by atoms with Gasteiger partial charge in [-0.1, -0.05) is 0 Å². The molecule has 1 aliphatic carbocycles. The summed E-state index contributed by atoms with van der Waals surface area (Å²) in [4.78, 5) is 11.8. The van der Waals surface area contributed by atoms with Crippen LogP contribution in [0.4, 0.5) is 5.95 Å². The van der Waals surface area contributed by atoms with Crippen molar-refractivity contribution in [3.63, 3.8) is 0 Å². The second-order valence-corrected chi connectivity index (χ2v) is 7.55. The van der Waals surface area contributed by atoms with Gasteiger partial charge in [0.1, 0.15) is 0 Å². The molecule has 1 saturated carbocycles. The summed E-state index contributed by atoms with van der Waals surface area (Å²) in [6, 6.07) is 5.40. The zero-order chi connectivity index (χ0) is 17.4. The number of nitrogens with zero attached hydrogens (tertiary/aromatic N) is 5. The summed E-state index contributed by atoms with van der Waals surface area (Å²) < 4.78 is 2.05. The van der Waals surface area contributed by atoms with E-state index in [1.165, 1.54) is 37.9 Å². The van der Waals surface area contributed by atoms with Gasteiger partial charge in [-0.05, 0) is 64.1 Å². The number of likely N-dealkylation sites (tertiary alicyclic amines) is 1. The Morgan fingerprint density at radius 3 is 2.56 bits per heavy atom. The van der Waals surface area contributed by atoms with E-state index in [0.29, 0.717) is 12.0 Å². The number of anilines is 1. The van der Waals surface area contributed by atoms with Crippen LogP contribution in [0.1, 0.15) is 48.8 Å². The molecule has 1 N–H and O–H groups in total. The first-order valence-electron chi connectivity index (χ1n) is 9.41. The lowest BCUT2D eigenvalue weighted by molar-refractivity contribution is 0.0841. The second kappa shape index (κ2) is 6.75. The molecule has 2 fully saturated rings. The predicted molar refractivity (Wildman–Crippen MR) is 98.4 cm³/mol. The van der Waals surface area contributed by atoms with Crippen molar-refractivity contribution in [2.75, 3.05) is 18.4 Å². The van der Waals surface area contributed by atoms with Crippen LogP contribution in [0.25, 0.3) is 0 Å². The van der Waals surface area contributed by atoms with Crippen molar-refractivity contribution in [2.24, 2.45) is 13.0 Å². The normalized spacial score (nSPS) is 24.4. The minimum absolute atomic E-state index is 0.437. The number of piperidine rings is 1. The monoisotopic (exact) mass is 340 g/mol. The Labute approximate surface area is 149 Å². The molecule has 1 saturated heterocycles. The third-order valence-electron chi connectivity index (χ3n) is 5.48. The highest BCUT2D eigenvalue weighted by molar-refractivity contribution is 5.28. The Bertz CT molecular complexity index is 715. The SMILES string of the molecule is Cc1cc(C)nc(NC[C@@H]2CCCN(C3CC3)[C@H]2c2ccnn2C)n1. The molecule has 4 rings (SSSR count). The minimum atomic E-state index is 0.437. The number of hydrogen-bond donors (Lipinski definition) is 1. The van der Waals surface area contributed by atoms with Crippen molar-refractivity contribution in [1.29, 1.82) is 0 Å². The van der Waals surface area contributed by atoms with Gasteiger partial charge < -0.3 is 5.32 Å². The second-order valence-electron chi connectivity index (χ2n) is 7.55. The largest absolute Gasteiger partial charge is 0.354 e. The highest BCUT2D eigenvalue weighted by atomic mass is 15.3. The zero-order valence-corrected chi connectivity index (χ0v) is 15.4. The lowest BCUT2D eigenvalue weighted by atomic mass is 9.86. The van der Waals surface area contributed by atoms with Gasteiger partial charge in [0.25, 0.3) is 0 Å². The number of aromatic nitrogens is 4. The molecule has 6 nitrogen and oxygen atoms in total. The zero-order valence-electron chi connectivity index (χ0n) is 15.4. The maximum atomic E-state index is 4.54. The first-order chi connectivity index (χ1) is 12.1. The van der Waals surface area contributed by atoms with E-state index < -0.39 is 0 Å². The maximum absolute atomic E-state index is 4.54. The van der Waals surface area contributed by atoms with Crippen molar-refractivity contribution in [1.82, 2.24) is 24.6 Å². The summed E-state index contributed by atoms with van der Waals surface area (Å²) in [7, 11) is 2.06. The maximum Gasteiger partial charge on any atom is 0.223 e. The molecule has 0 radical (unpaired) electrons. The lowest BCUT2D eigenvalue weighted by Crippen LogP contribution is -2.43. The molecule has 2 aliphatic rings. The first-order valence-corrected chi connectivity index (χ1v) is 9.41. The Morgan fingerprint density at radius 2 is 1.92 bits per heavy atom. The predicted octanol–water partition coefficient (Wildman–Crippen LogP) is 2.85. The van der Waals surface area contributed by atoms with Crippen LogP contribution in [0.15, 0.2) is 18.3 Å². The average molecular weight is 340 g/mol. The standard InChI is InChI=1S/C19H28N6/c1-13-11-14(2)23-19(22-13)20-12-15-5-4-10-25(16-6-7-16)18(15)17-8-9-21-24(17)3/h8-9,11,15-16,18H,4-7,10,12H2,1-3H3,(H,20,22,23)/t15-,18+/m0/s1. The number of nitrogens with one attached hydrogen (secondary N) is 1. The van der Waals surface area contributed by atoms with Crippen molar-refractivity contribution in [3.8, 4) is 0 Å². The van der Waals surface area contributed by atoms with Gasteiger partial charge in [0.15, 0.2) is 0 Å². The van der Waals surface area contributed by atoms with E-state index in [1.54, 1.807) is 0 Å². The Hall–Kier alpha value is -1.95. The highest BCUT2D eigenvalue weighted by Crippen LogP contribution is 2.42. The van der Waals surface area contributed by atoms with Gasteiger partial charge in [-0.25, -0.2) is 9.97 Å². The van der Waals surface area contributed by atoms with Gasteiger partial charge in [0.2, 0.25) is 5.95 Å². The molecule has 0 amide bonds. The molecule has 0 aromatic carbocycles. The van der Waals surface area contributed by atoms with Gasteiger partial charge in [0, 0.05) is 37.2 Å². The van der Waals surface area contributed by atoms with Gasteiger partial charge in [0.05, 0.1) is 11.7 Å². The molecular weight excluding hydrogens is 312 g/mol. The molecule has 1 aliphatic heterocycles. The quantitative estimate of drug-likeness (QED) is 0.907. The van der Waals surface area contributed by atoms with E-state index in [0.717, 1.165) is 29.9 Å². The molecule has 0 bridgehead atoms. The van der Waals surface area contributed by atoms with Gasteiger partial charge in [-0.15, -0.1) is 0 Å². The molecule has 2 aromatic rings. The third kappa shape index (κ3) is 3.54. The van der Waals surface area contributed by atoms with E-state index in [1.807, 2.05) is 30.8 Å². The van der Waals surface area contributed by atoms with E-state index >= 15 is 0 Å². The first kappa shape index (κ1) is 16.5. The Kier molecular flexibility index (Phi) is 4.46. The van der Waals surface area contributed by atoms with Gasteiger partial charge >= 0.3 is 0 Å². The average Bonchev–Trinajstić information content (AvgIpc) is 3.33. The summed E-state index contributed by atoms with van der Waals surface area (Å²) >= 11 is 0. The molecule has 0 unspecified atom stereocenters. The van der Waals surface area contributed by atoms with Crippen molar-refractivity contribution in [2.45, 2.75) is 51.6 Å². The van der Waals surface area contributed by atoms with Gasteiger partial charge in [-0.2, -0.15) is 5.10 Å². The highest BCUT2D eigenvalue weighted by Gasteiger charge is 2.41. The van der Waals surface area contributed by atoms with Crippen LogP contribution in [-0.4, -0.2) is 43.8 Å². The molecular formula is C19H28N6. The van der Waals surface area contributed by atoms with E-state index in [-0.39, 0.29) is 0 Å². The molecule has 3 heterocycles. The summed E-state index contributed by atoms with van der Waals surface area (Å²) in [5, 5.41) is 7.94. The molecule has 25 heavy (non-hydrogen) atoms. The summed E-state index contributed by atoms with van der Waals surface area (Å²) in [6.07, 6.45) is 7.11. The summed E-state index contributed by atoms with van der Waals surface area (Å²) in [5.41, 5.74) is 3.36. The fourth-order valence-electron chi connectivity index (χ4n) is 4.25.